The third-order valence-electron chi connectivity index (χ3n) is 3.69. The molecule has 0 saturated heterocycles. The van der Waals surface area contributed by atoms with Crippen LogP contribution in [0.4, 0.5) is 0 Å². The lowest BCUT2D eigenvalue weighted by Crippen LogP contribution is -2.37. The zero-order valence-corrected chi connectivity index (χ0v) is 12.9. The van der Waals surface area contributed by atoms with Crippen molar-refractivity contribution in [2.45, 2.75) is 26.8 Å². The summed E-state index contributed by atoms with van der Waals surface area (Å²) in [6.45, 7) is 7.46. The number of nitrogens with one attached hydrogen (secondary N) is 1. The van der Waals surface area contributed by atoms with E-state index in [9.17, 15) is 4.79 Å². The number of ether oxygens (including phenoxy) is 2. The van der Waals surface area contributed by atoms with Gasteiger partial charge in [-0.1, -0.05) is 26.8 Å². The van der Waals surface area contributed by atoms with Crippen molar-refractivity contribution >= 4 is 5.91 Å². The molecule has 0 fully saturated rings. The van der Waals surface area contributed by atoms with E-state index in [-0.39, 0.29) is 23.8 Å². The van der Waals surface area contributed by atoms with Crippen molar-refractivity contribution in [2.75, 3.05) is 19.8 Å². The van der Waals surface area contributed by atoms with Gasteiger partial charge < -0.3 is 20.5 Å². The summed E-state index contributed by atoms with van der Waals surface area (Å²) in [7, 11) is 0. The maximum Gasteiger partial charge on any atom is 0.224 e. The minimum atomic E-state index is -0.191. The number of rotatable bonds is 5. The molecule has 1 heterocycles. The molecule has 116 valence electrons. The van der Waals surface area contributed by atoms with Crippen LogP contribution in [0.15, 0.2) is 18.2 Å². The molecule has 1 amide bonds. The van der Waals surface area contributed by atoms with Gasteiger partial charge >= 0.3 is 0 Å². The third kappa shape index (κ3) is 3.67. The zero-order valence-electron chi connectivity index (χ0n) is 12.9. The van der Waals surface area contributed by atoms with Crippen LogP contribution in [0.5, 0.6) is 11.5 Å². The van der Waals surface area contributed by atoms with Gasteiger partial charge in [-0.2, -0.15) is 0 Å². The van der Waals surface area contributed by atoms with Crippen LogP contribution in [-0.2, 0) is 4.79 Å². The lowest BCUT2D eigenvalue weighted by Gasteiger charge is -2.26. The fourth-order valence-corrected chi connectivity index (χ4v) is 2.29. The second-order valence-electron chi connectivity index (χ2n) is 5.77. The van der Waals surface area contributed by atoms with Crippen molar-refractivity contribution in [3.05, 3.63) is 23.8 Å². The normalized spacial score (nSPS) is 16.4. The van der Waals surface area contributed by atoms with E-state index in [1.807, 2.05) is 25.1 Å². The number of carbonyl (C=O) groups is 1. The van der Waals surface area contributed by atoms with Crippen molar-refractivity contribution in [3.63, 3.8) is 0 Å². The summed E-state index contributed by atoms with van der Waals surface area (Å²) < 4.78 is 11.1. The molecular weight excluding hydrogens is 268 g/mol. The van der Waals surface area contributed by atoms with Crippen LogP contribution in [0.25, 0.3) is 0 Å². The van der Waals surface area contributed by atoms with Gasteiger partial charge in [0.2, 0.25) is 5.91 Å². The molecule has 0 aliphatic carbocycles. The second-order valence-corrected chi connectivity index (χ2v) is 5.77. The molecule has 0 saturated carbocycles. The smallest absolute Gasteiger partial charge is 0.224 e. The summed E-state index contributed by atoms with van der Waals surface area (Å²) in [6.07, 6.45) is 0. The van der Waals surface area contributed by atoms with Gasteiger partial charge in [-0.05, 0) is 23.6 Å². The first-order chi connectivity index (χ1) is 10.0. The van der Waals surface area contributed by atoms with Crippen molar-refractivity contribution in [3.8, 4) is 11.5 Å². The predicted octanol–water partition coefficient (Wildman–Crippen LogP) is 1.87. The number of benzene rings is 1. The molecule has 5 heteroatoms. The average molecular weight is 292 g/mol. The molecule has 21 heavy (non-hydrogen) atoms. The molecule has 0 spiro atoms. The van der Waals surface area contributed by atoms with Crippen molar-refractivity contribution in [2.24, 2.45) is 17.6 Å². The Balaban J connectivity index is 2.20. The molecule has 2 unspecified atom stereocenters. The highest BCUT2D eigenvalue weighted by molar-refractivity contribution is 5.79. The largest absolute Gasteiger partial charge is 0.486 e. The van der Waals surface area contributed by atoms with Crippen LogP contribution < -0.4 is 20.5 Å². The van der Waals surface area contributed by atoms with Crippen molar-refractivity contribution in [1.29, 1.82) is 0 Å². The summed E-state index contributed by atoms with van der Waals surface area (Å²) in [4.78, 5) is 12.1. The van der Waals surface area contributed by atoms with E-state index >= 15 is 0 Å². The fourth-order valence-electron chi connectivity index (χ4n) is 2.29. The lowest BCUT2D eigenvalue weighted by molar-refractivity contribution is -0.125. The third-order valence-corrected chi connectivity index (χ3v) is 3.69. The Kier molecular flexibility index (Phi) is 5.07. The first-order valence-corrected chi connectivity index (χ1v) is 7.43. The molecule has 3 N–H and O–H groups in total. The van der Waals surface area contributed by atoms with Crippen LogP contribution in [0.1, 0.15) is 32.4 Å². The van der Waals surface area contributed by atoms with Crippen molar-refractivity contribution in [1.82, 2.24) is 5.32 Å². The van der Waals surface area contributed by atoms with Gasteiger partial charge in [0, 0.05) is 12.5 Å². The van der Waals surface area contributed by atoms with E-state index in [1.54, 1.807) is 0 Å². The van der Waals surface area contributed by atoms with Crippen molar-refractivity contribution < 1.29 is 14.3 Å². The highest BCUT2D eigenvalue weighted by atomic mass is 16.6. The Hall–Kier alpha value is -1.75. The standard InChI is InChI=1S/C16H24N2O3/c1-10(2)15(18-16(19)11(3)9-17)12-4-5-13-14(8-12)21-7-6-20-13/h4-5,8,10-11,15H,6-7,9,17H2,1-3H3,(H,18,19). The number of nitrogens with two attached hydrogens (primary N) is 1. The maximum absolute atomic E-state index is 12.1. The summed E-state index contributed by atoms with van der Waals surface area (Å²) in [6, 6.07) is 5.76. The Morgan fingerprint density at radius 1 is 1.24 bits per heavy atom. The van der Waals surface area contributed by atoms with Gasteiger partial charge in [-0.15, -0.1) is 0 Å². The van der Waals surface area contributed by atoms with E-state index in [0.29, 0.717) is 19.8 Å². The van der Waals surface area contributed by atoms with Gasteiger partial charge in [-0.3, -0.25) is 4.79 Å². The number of hydrogen-bond donors (Lipinski definition) is 2. The molecule has 2 rings (SSSR count). The Morgan fingerprint density at radius 2 is 1.90 bits per heavy atom. The molecule has 2 atom stereocenters. The summed E-state index contributed by atoms with van der Waals surface area (Å²) in [5.74, 6) is 1.55. The molecule has 5 nitrogen and oxygen atoms in total. The predicted molar refractivity (Wildman–Crippen MR) is 81.4 cm³/mol. The Bertz CT molecular complexity index is 502. The van der Waals surface area contributed by atoms with E-state index in [2.05, 4.69) is 19.2 Å². The molecular formula is C16H24N2O3. The van der Waals surface area contributed by atoms with Crippen LogP contribution >= 0.6 is 0 Å². The summed E-state index contributed by atoms with van der Waals surface area (Å²) in [5, 5.41) is 3.07. The zero-order chi connectivity index (χ0) is 15.4. The lowest BCUT2D eigenvalue weighted by atomic mass is 9.94. The van der Waals surface area contributed by atoms with Crippen LogP contribution in [-0.4, -0.2) is 25.7 Å². The average Bonchev–Trinajstić information content (AvgIpc) is 2.50. The number of fused-ring (bicyclic) bond motifs is 1. The first-order valence-electron chi connectivity index (χ1n) is 7.43. The van der Waals surface area contributed by atoms with Gasteiger partial charge in [0.15, 0.2) is 11.5 Å². The van der Waals surface area contributed by atoms with E-state index in [4.69, 9.17) is 15.2 Å². The SMILES string of the molecule is CC(CN)C(=O)NC(c1ccc2c(c1)OCCO2)C(C)C. The summed E-state index contributed by atoms with van der Waals surface area (Å²) >= 11 is 0. The fraction of sp³-hybridized carbons (Fsp3) is 0.562. The molecule has 0 radical (unpaired) electrons. The molecule has 1 aliphatic heterocycles. The molecule has 0 aromatic heterocycles. The second kappa shape index (κ2) is 6.80. The first kappa shape index (κ1) is 15.6. The van der Waals surface area contributed by atoms with Gasteiger partial charge in [0.1, 0.15) is 13.2 Å². The van der Waals surface area contributed by atoms with Crippen LogP contribution in [0.3, 0.4) is 0 Å². The number of carbonyl (C=O) groups excluding carboxylic acids is 1. The molecule has 0 bridgehead atoms. The van der Waals surface area contributed by atoms with Crippen LogP contribution in [0, 0.1) is 11.8 Å². The van der Waals surface area contributed by atoms with Crippen LogP contribution in [0.2, 0.25) is 0 Å². The monoisotopic (exact) mass is 292 g/mol. The minimum absolute atomic E-state index is 0.0221. The van der Waals surface area contributed by atoms with E-state index < -0.39 is 0 Å². The van der Waals surface area contributed by atoms with Gasteiger partial charge in [0.05, 0.1) is 6.04 Å². The van der Waals surface area contributed by atoms with E-state index in [0.717, 1.165) is 17.1 Å². The highest BCUT2D eigenvalue weighted by Gasteiger charge is 2.23. The summed E-state index contributed by atoms with van der Waals surface area (Å²) in [5.41, 5.74) is 6.58. The number of hydrogen-bond acceptors (Lipinski definition) is 4. The number of amides is 1. The maximum atomic E-state index is 12.1. The van der Waals surface area contributed by atoms with E-state index in [1.165, 1.54) is 0 Å². The van der Waals surface area contributed by atoms with Gasteiger partial charge in [0.25, 0.3) is 0 Å². The molecule has 1 aromatic rings. The Morgan fingerprint density at radius 3 is 2.52 bits per heavy atom. The van der Waals surface area contributed by atoms with Gasteiger partial charge in [-0.25, -0.2) is 0 Å². The minimum Gasteiger partial charge on any atom is -0.486 e. The molecule has 1 aromatic carbocycles. The highest BCUT2D eigenvalue weighted by Crippen LogP contribution is 2.34. The quantitative estimate of drug-likeness (QED) is 0.869. The Labute approximate surface area is 125 Å². The molecule has 1 aliphatic rings. The topological polar surface area (TPSA) is 73.6 Å².